The Morgan fingerprint density at radius 2 is 2.04 bits per heavy atom. The van der Waals surface area contributed by atoms with E-state index in [4.69, 9.17) is 10.00 Å². The third-order valence-corrected chi connectivity index (χ3v) is 3.97. The Balaban J connectivity index is 1.45. The van der Waals surface area contributed by atoms with Crippen molar-refractivity contribution in [3.05, 3.63) is 72.6 Å². The first-order chi connectivity index (χ1) is 13.7. The Morgan fingerprint density at radius 1 is 1.14 bits per heavy atom. The zero-order valence-corrected chi connectivity index (χ0v) is 14.6. The maximum Gasteiger partial charge on any atom is 0.262 e. The van der Waals surface area contributed by atoms with Crippen molar-refractivity contribution >= 4 is 17.2 Å². The Bertz CT molecular complexity index is 1190. The van der Waals surface area contributed by atoms with Gasteiger partial charge in [-0.2, -0.15) is 14.9 Å². The van der Waals surface area contributed by atoms with Gasteiger partial charge in [-0.3, -0.25) is 4.79 Å². The van der Waals surface area contributed by atoms with Crippen molar-refractivity contribution < 1.29 is 9.53 Å². The van der Waals surface area contributed by atoms with Gasteiger partial charge >= 0.3 is 0 Å². The standard InChI is InChI=1S/C20H14N6O2/c21-11-15-4-1-2-7-18(15)28-12-20(27)23-16-6-3-5-14(10-16)17-8-9-19-24-22-13-26(19)25-17/h1-10,13H,12H2,(H,23,27). The molecule has 0 atom stereocenters. The fraction of sp³-hybridized carbons (Fsp3) is 0.0500. The highest BCUT2D eigenvalue weighted by atomic mass is 16.5. The summed E-state index contributed by atoms with van der Waals surface area (Å²) in [5.74, 6) is 0.0486. The van der Waals surface area contributed by atoms with Gasteiger partial charge < -0.3 is 10.1 Å². The summed E-state index contributed by atoms with van der Waals surface area (Å²) in [6.45, 7) is -0.201. The van der Waals surface area contributed by atoms with Crippen molar-refractivity contribution in [2.24, 2.45) is 0 Å². The molecular weight excluding hydrogens is 356 g/mol. The van der Waals surface area contributed by atoms with E-state index in [2.05, 4.69) is 20.6 Å². The first-order valence-electron chi connectivity index (χ1n) is 8.42. The number of aromatic nitrogens is 4. The van der Waals surface area contributed by atoms with E-state index in [9.17, 15) is 4.79 Å². The zero-order chi connectivity index (χ0) is 19.3. The summed E-state index contributed by atoms with van der Waals surface area (Å²) in [7, 11) is 0. The molecule has 0 fully saturated rings. The van der Waals surface area contributed by atoms with Crippen LogP contribution in [0.2, 0.25) is 0 Å². The third-order valence-electron chi connectivity index (χ3n) is 3.97. The van der Waals surface area contributed by atoms with Crippen LogP contribution < -0.4 is 10.1 Å². The highest BCUT2D eigenvalue weighted by Gasteiger charge is 2.08. The first-order valence-corrected chi connectivity index (χ1v) is 8.42. The van der Waals surface area contributed by atoms with E-state index in [-0.39, 0.29) is 12.5 Å². The maximum absolute atomic E-state index is 12.2. The Labute approximate surface area is 160 Å². The molecule has 0 aliphatic carbocycles. The second-order valence-corrected chi connectivity index (χ2v) is 5.88. The minimum atomic E-state index is -0.327. The quantitative estimate of drug-likeness (QED) is 0.579. The highest BCUT2D eigenvalue weighted by molar-refractivity contribution is 5.92. The fourth-order valence-corrected chi connectivity index (χ4v) is 2.66. The van der Waals surface area contributed by atoms with Crippen molar-refractivity contribution in [1.29, 1.82) is 5.26 Å². The number of nitriles is 1. The molecule has 4 rings (SSSR count). The molecule has 8 heteroatoms. The van der Waals surface area contributed by atoms with Crippen LogP contribution in [0.25, 0.3) is 16.9 Å². The van der Waals surface area contributed by atoms with E-state index < -0.39 is 0 Å². The molecule has 2 aromatic heterocycles. The van der Waals surface area contributed by atoms with E-state index in [0.29, 0.717) is 22.6 Å². The Hall–Kier alpha value is -4.25. The lowest BCUT2D eigenvalue weighted by Gasteiger charge is -2.09. The molecule has 1 N–H and O–H groups in total. The van der Waals surface area contributed by atoms with Gasteiger partial charge in [0.1, 0.15) is 18.1 Å². The molecule has 4 aromatic rings. The predicted molar refractivity (Wildman–Crippen MR) is 101 cm³/mol. The van der Waals surface area contributed by atoms with Crippen LogP contribution >= 0.6 is 0 Å². The predicted octanol–water partition coefficient (Wildman–Crippen LogP) is 2.68. The number of carbonyl (C=O) groups is 1. The summed E-state index contributed by atoms with van der Waals surface area (Å²) >= 11 is 0. The minimum absolute atomic E-state index is 0.201. The second kappa shape index (κ2) is 7.55. The lowest BCUT2D eigenvalue weighted by molar-refractivity contribution is -0.118. The van der Waals surface area contributed by atoms with Crippen LogP contribution in [0.15, 0.2) is 67.0 Å². The molecule has 0 saturated heterocycles. The van der Waals surface area contributed by atoms with Crippen molar-refractivity contribution in [3.63, 3.8) is 0 Å². The lowest BCUT2D eigenvalue weighted by Crippen LogP contribution is -2.20. The number of nitrogens with zero attached hydrogens (tertiary/aromatic N) is 5. The molecule has 0 saturated carbocycles. The van der Waals surface area contributed by atoms with E-state index >= 15 is 0 Å². The van der Waals surface area contributed by atoms with E-state index in [1.165, 1.54) is 6.33 Å². The molecule has 0 aliphatic rings. The number of benzene rings is 2. The number of para-hydroxylation sites is 1. The largest absolute Gasteiger partial charge is 0.482 e. The number of fused-ring (bicyclic) bond motifs is 1. The first kappa shape index (κ1) is 17.2. The molecule has 0 radical (unpaired) electrons. The van der Waals surface area contributed by atoms with Gasteiger partial charge in [0.2, 0.25) is 0 Å². The van der Waals surface area contributed by atoms with Crippen LogP contribution in [0.3, 0.4) is 0 Å². The van der Waals surface area contributed by atoms with Gasteiger partial charge in [0.15, 0.2) is 12.3 Å². The van der Waals surface area contributed by atoms with Gasteiger partial charge in [-0.25, -0.2) is 0 Å². The number of rotatable bonds is 5. The fourth-order valence-electron chi connectivity index (χ4n) is 2.66. The van der Waals surface area contributed by atoms with Crippen LogP contribution in [0.1, 0.15) is 5.56 Å². The van der Waals surface area contributed by atoms with Gasteiger partial charge in [0, 0.05) is 11.3 Å². The van der Waals surface area contributed by atoms with Crippen LogP contribution in [-0.2, 0) is 4.79 Å². The van der Waals surface area contributed by atoms with Gasteiger partial charge in [0.25, 0.3) is 5.91 Å². The number of hydrogen-bond acceptors (Lipinski definition) is 6. The second-order valence-electron chi connectivity index (χ2n) is 5.88. The molecular formula is C20H14N6O2. The Kier molecular flexibility index (Phi) is 4.63. The molecule has 8 nitrogen and oxygen atoms in total. The lowest BCUT2D eigenvalue weighted by atomic mass is 10.1. The molecule has 1 amide bonds. The molecule has 0 aliphatic heterocycles. The number of nitrogens with one attached hydrogen (secondary N) is 1. The summed E-state index contributed by atoms with van der Waals surface area (Å²) in [6, 6.07) is 19.8. The van der Waals surface area contributed by atoms with Gasteiger partial charge in [-0.15, -0.1) is 10.2 Å². The summed E-state index contributed by atoms with van der Waals surface area (Å²) in [5.41, 5.74) is 3.22. The number of ether oxygens (including phenoxy) is 1. The number of hydrogen-bond donors (Lipinski definition) is 1. The molecule has 2 heterocycles. The summed E-state index contributed by atoms with van der Waals surface area (Å²) in [4.78, 5) is 12.2. The van der Waals surface area contributed by atoms with Gasteiger partial charge in [-0.05, 0) is 36.4 Å². The van der Waals surface area contributed by atoms with Crippen molar-refractivity contribution in [1.82, 2.24) is 19.8 Å². The van der Waals surface area contributed by atoms with Crippen LogP contribution in [-0.4, -0.2) is 32.3 Å². The minimum Gasteiger partial charge on any atom is -0.482 e. The molecule has 28 heavy (non-hydrogen) atoms. The normalized spacial score (nSPS) is 10.4. The topological polar surface area (TPSA) is 105 Å². The molecule has 2 aromatic carbocycles. The van der Waals surface area contributed by atoms with Crippen molar-refractivity contribution in [2.45, 2.75) is 0 Å². The van der Waals surface area contributed by atoms with Crippen LogP contribution in [0.5, 0.6) is 5.75 Å². The van der Waals surface area contributed by atoms with Crippen molar-refractivity contribution in [3.8, 4) is 23.1 Å². The third kappa shape index (κ3) is 3.64. The van der Waals surface area contributed by atoms with E-state index in [1.54, 1.807) is 34.8 Å². The summed E-state index contributed by atoms with van der Waals surface area (Å²) in [6.07, 6.45) is 1.53. The molecule has 0 unspecified atom stereocenters. The zero-order valence-electron chi connectivity index (χ0n) is 14.6. The summed E-state index contributed by atoms with van der Waals surface area (Å²) < 4.78 is 7.04. The molecule has 136 valence electrons. The number of amides is 1. The van der Waals surface area contributed by atoms with Crippen LogP contribution in [0, 0.1) is 11.3 Å². The number of carbonyl (C=O) groups excluding carboxylic acids is 1. The summed E-state index contributed by atoms with van der Waals surface area (Å²) in [5, 5.41) is 24.0. The average molecular weight is 370 g/mol. The SMILES string of the molecule is N#Cc1ccccc1OCC(=O)Nc1cccc(-c2ccc3nncn3n2)c1. The molecule has 0 spiro atoms. The van der Waals surface area contributed by atoms with Crippen LogP contribution in [0.4, 0.5) is 5.69 Å². The average Bonchev–Trinajstić information content (AvgIpc) is 3.20. The van der Waals surface area contributed by atoms with Crippen molar-refractivity contribution in [2.75, 3.05) is 11.9 Å². The van der Waals surface area contributed by atoms with E-state index in [1.807, 2.05) is 36.4 Å². The van der Waals surface area contributed by atoms with Gasteiger partial charge in [0.05, 0.1) is 11.3 Å². The molecule has 0 bridgehead atoms. The highest BCUT2D eigenvalue weighted by Crippen LogP contribution is 2.21. The Morgan fingerprint density at radius 3 is 2.93 bits per heavy atom. The smallest absolute Gasteiger partial charge is 0.262 e. The number of anilines is 1. The van der Waals surface area contributed by atoms with E-state index in [0.717, 1.165) is 11.3 Å². The monoisotopic (exact) mass is 370 g/mol. The maximum atomic E-state index is 12.2. The van der Waals surface area contributed by atoms with Gasteiger partial charge in [-0.1, -0.05) is 24.3 Å².